The SMILES string of the molecule is CO[C](CCCCC(=O)OC)CC1CCC(C=O)C1. The van der Waals surface area contributed by atoms with Gasteiger partial charge in [0.1, 0.15) is 6.29 Å². The molecular weight excluding hydrogens is 244 g/mol. The Kier molecular flexibility index (Phi) is 7.72. The lowest BCUT2D eigenvalue weighted by atomic mass is 9.95. The molecule has 0 saturated heterocycles. The lowest BCUT2D eigenvalue weighted by molar-refractivity contribution is -0.140. The Bertz CT molecular complexity index is 277. The number of ether oxygens (including phenoxy) is 2. The Balaban J connectivity index is 2.15. The highest BCUT2D eigenvalue weighted by Crippen LogP contribution is 2.35. The van der Waals surface area contributed by atoms with E-state index in [1.165, 1.54) is 7.11 Å². The first-order valence-corrected chi connectivity index (χ1v) is 7.10. The number of aldehydes is 1. The molecule has 2 atom stereocenters. The van der Waals surface area contributed by atoms with Gasteiger partial charge >= 0.3 is 5.97 Å². The van der Waals surface area contributed by atoms with Gasteiger partial charge in [-0.2, -0.15) is 0 Å². The Hall–Kier alpha value is -0.900. The van der Waals surface area contributed by atoms with Gasteiger partial charge in [-0.1, -0.05) is 0 Å². The third-order valence-electron chi connectivity index (χ3n) is 3.89. The standard InChI is InChI=1S/C15H25O4/c1-18-14(5-3-4-6-15(17)19-2)10-12-7-8-13(9-12)11-16/h11-13H,3-10H2,1-2H3. The zero-order valence-electron chi connectivity index (χ0n) is 12.0. The van der Waals surface area contributed by atoms with Gasteiger partial charge in [-0.15, -0.1) is 0 Å². The highest BCUT2D eigenvalue weighted by molar-refractivity contribution is 5.68. The van der Waals surface area contributed by atoms with Gasteiger partial charge in [0, 0.05) is 19.4 Å². The first-order chi connectivity index (χ1) is 9.19. The summed E-state index contributed by atoms with van der Waals surface area (Å²) >= 11 is 0. The Morgan fingerprint density at radius 2 is 1.89 bits per heavy atom. The van der Waals surface area contributed by atoms with E-state index in [-0.39, 0.29) is 11.9 Å². The van der Waals surface area contributed by atoms with E-state index in [1.54, 1.807) is 7.11 Å². The van der Waals surface area contributed by atoms with Gasteiger partial charge in [0.2, 0.25) is 0 Å². The van der Waals surface area contributed by atoms with Crippen LogP contribution in [0.2, 0.25) is 0 Å². The quantitative estimate of drug-likeness (QED) is 0.367. The molecule has 0 N–H and O–H groups in total. The number of carbonyl (C=O) groups excluding carboxylic acids is 2. The molecule has 4 heteroatoms. The van der Waals surface area contributed by atoms with Crippen LogP contribution >= 0.6 is 0 Å². The number of esters is 1. The Morgan fingerprint density at radius 1 is 1.16 bits per heavy atom. The van der Waals surface area contributed by atoms with Crippen LogP contribution in [0.3, 0.4) is 0 Å². The smallest absolute Gasteiger partial charge is 0.305 e. The summed E-state index contributed by atoms with van der Waals surface area (Å²) in [7, 11) is 3.13. The van der Waals surface area contributed by atoms with Crippen molar-refractivity contribution < 1.29 is 19.1 Å². The van der Waals surface area contributed by atoms with Crippen molar-refractivity contribution in [3.63, 3.8) is 0 Å². The van der Waals surface area contributed by atoms with Crippen molar-refractivity contribution in [1.82, 2.24) is 0 Å². The molecule has 0 amide bonds. The van der Waals surface area contributed by atoms with Gasteiger partial charge in [-0.3, -0.25) is 4.79 Å². The highest BCUT2D eigenvalue weighted by Gasteiger charge is 2.26. The van der Waals surface area contributed by atoms with Gasteiger partial charge in [-0.05, 0) is 50.9 Å². The number of hydrogen-bond acceptors (Lipinski definition) is 4. The first kappa shape index (κ1) is 16.2. The van der Waals surface area contributed by atoms with E-state index in [9.17, 15) is 9.59 Å². The third-order valence-corrected chi connectivity index (χ3v) is 3.89. The molecular formula is C15H25O4. The topological polar surface area (TPSA) is 52.6 Å². The fourth-order valence-electron chi connectivity index (χ4n) is 2.73. The van der Waals surface area contributed by atoms with Crippen molar-refractivity contribution in [2.45, 2.75) is 51.4 Å². The number of unbranched alkanes of at least 4 members (excludes halogenated alkanes) is 1. The van der Waals surface area contributed by atoms with Crippen LogP contribution in [0.15, 0.2) is 0 Å². The highest BCUT2D eigenvalue weighted by atomic mass is 16.5. The van der Waals surface area contributed by atoms with Gasteiger partial charge < -0.3 is 14.3 Å². The van der Waals surface area contributed by atoms with E-state index in [4.69, 9.17) is 4.74 Å². The minimum atomic E-state index is -0.149. The fourth-order valence-corrected chi connectivity index (χ4v) is 2.73. The molecule has 0 aromatic rings. The van der Waals surface area contributed by atoms with Crippen LogP contribution in [0.1, 0.15) is 51.4 Å². The molecule has 0 aliphatic heterocycles. The molecule has 4 nitrogen and oxygen atoms in total. The predicted molar refractivity (Wildman–Crippen MR) is 72.2 cm³/mol. The van der Waals surface area contributed by atoms with E-state index < -0.39 is 0 Å². The summed E-state index contributed by atoms with van der Waals surface area (Å²) in [4.78, 5) is 21.7. The molecule has 2 unspecified atom stereocenters. The third kappa shape index (κ3) is 6.19. The molecule has 19 heavy (non-hydrogen) atoms. The average molecular weight is 269 g/mol. The van der Waals surface area contributed by atoms with E-state index >= 15 is 0 Å². The molecule has 1 fully saturated rings. The van der Waals surface area contributed by atoms with Gasteiger partial charge in [0.05, 0.1) is 13.2 Å². The fraction of sp³-hybridized carbons (Fsp3) is 0.800. The maximum absolute atomic E-state index is 11.0. The van der Waals surface area contributed by atoms with Crippen molar-refractivity contribution in [3.05, 3.63) is 6.10 Å². The van der Waals surface area contributed by atoms with E-state index in [2.05, 4.69) is 4.74 Å². The number of methoxy groups -OCH3 is 2. The maximum atomic E-state index is 11.0. The van der Waals surface area contributed by atoms with Crippen LogP contribution in [0.5, 0.6) is 0 Å². The van der Waals surface area contributed by atoms with Crippen LogP contribution in [-0.4, -0.2) is 26.5 Å². The van der Waals surface area contributed by atoms with Crippen LogP contribution in [0.4, 0.5) is 0 Å². The molecule has 109 valence electrons. The molecule has 0 heterocycles. The molecule has 1 aliphatic carbocycles. The minimum Gasteiger partial charge on any atom is -0.469 e. The predicted octanol–water partition coefficient (Wildman–Crippen LogP) is 2.90. The summed E-state index contributed by atoms with van der Waals surface area (Å²) in [6.45, 7) is 0. The zero-order chi connectivity index (χ0) is 14.1. The lowest BCUT2D eigenvalue weighted by Gasteiger charge is -2.18. The first-order valence-electron chi connectivity index (χ1n) is 7.10. The molecule has 0 aromatic heterocycles. The molecule has 1 radical (unpaired) electrons. The Labute approximate surface area is 115 Å². The van der Waals surface area contributed by atoms with Gasteiger partial charge in [0.25, 0.3) is 0 Å². The van der Waals surface area contributed by atoms with Crippen molar-refractivity contribution in [3.8, 4) is 0 Å². The van der Waals surface area contributed by atoms with Crippen LogP contribution in [0.25, 0.3) is 0 Å². The normalized spacial score (nSPS) is 22.7. The molecule has 1 aliphatic rings. The second kappa shape index (κ2) is 9.08. The van der Waals surface area contributed by atoms with Crippen LogP contribution < -0.4 is 0 Å². The summed E-state index contributed by atoms with van der Waals surface area (Å²) in [5, 5.41) is 0. The van der Waals surface area contributed by atoms with E-state index in [1.807, 2.05) is 0 Å². The summed E-state index contributed by atoms with van der Waals surface area (Å²) in [6.07, 6.45) is 9.44. The Morgan fingerprint density at radius 3 is 2.47 bits per heavy atom. The summed E-state index contributed by atoms with van der Waals surface area (Å²) in [6, 6.07) is 0. The van der Waals surface area contributed by atoms with Crippen LogP contribution in [-0.2, 0) is 19.1 Å². The van der Waals surface area contributed by atoms with E-state index in [0.717, 1.165) is 57.3 Å². The molecule has 1 rings (SSSR count). The second-order valence-electron chi connectivity index (χ2n) is 5.31. The second-order valence-corrected chi connectivity index (χ2v) is 5.31. The lowest BCUT2D eigenvalue weighted by Crippen LogP contribution is -2.08. The average Bonchev–Trinajstić information content (AvgIpc) is 2.89. The zero-order valence-corrected chi connectivity index (χ0v) is 12.0. The molecule has 0 bridgehead atoms. The number of carbonyl (C=O) groups is 2. The van der Waals surface area contributed by atoms with Crippen molar-refractivity contribution >= 4 is 12.3 Å². The van der Waals surface area contributed by atoms with E-state index in [0.29, 0.717) is 12.3 Å². The monoisotopic (exact) mass is 269 g/mol. The van der Waals surface area contributed by atoms with Crippen molar-refractivity contribution in [2.24, 2.45) is 11.8 Å². The molecule has 1 saturated carbocycles. The maximum Gasteiger partial charge on any atom is 0.305 e. The number of rotatable bonds is 9. The van der Waals surface area contributed by atoms with Crippen molar-refractivity contribution in [1.29, 1.82) is 0 Å². The van der Waals surface area contributed by atoms with Crippen LogP contribution in [0, 0.1) is 17.9 Å². The van der Waals surface area contributed by atoms with Crippen molar-refractivity contribution in [2.75, 3.05) is 14.2 Å². The largest absolute Gasteiger partial charge is 0.469 e. The number of hydrogen-bond donors (Lipinski definition) is 0. The van der Waals surface area contributed by atoms with Gasteiger partial charge in [0.15, 0.2) is 0 Å². The summed E-state index contributed by atoms with van der Waals surface area (Å²) in [5.74, 6) is 0.691. The molecule has 0 aromatic carbocycles. The molecule has 0 spiro atoms. The summed E-state index contributed by atoms with van der Waals surface area (Å²) in [5.41, 5.74) is 0. The van der Waals surface area contributed by atoms with Gasteiger partial charge in [-0.25, -0.2) is 0 Å². The summed E-state index contributed by atoms with van der Waals surface area (Å²) < 4.78 is 10.0. The minimum absolute atomic E-state index is 0.149.